The van der Waals surface area contributed by atoms with Crippen molar-refractivity contribution in [1.82, 2.24) is 0 Å². The Bertz CT molecular complexity index is 879. The largest absolute Gasteiger partial charge is 0.472 e. The molecule has 0 saturated heterocycles. The lowest BCUT2D eigenvalue weighted by molar-refractivity contribution is -0.154. The molecular weight excluding hydrogens is 661 g/mol. The Balaban J connectivity index is 4.04. The molecule has 51 heavy (non-hydrogen) atoms. The lowest BCUT2D eigenvalue weighted by Crippen LogP contribution is -2.28. The summed E-state index contributed by atoms with van der Waals surface area (Å²) in [5, 5.41) is 0. The van der Waals surface area contributed by atoms with Crippen LogP contribution in [0.5, 0.6) is 0 Å². The van der Waals surface area contributed by atoms with Crippen LogP contribution in [0.25, 0.3) is 0 Å². The van der Waals surface area contributed by atoms with Crippen LogP contribution in [0.15, 0.2) is 36.5 Å². The predicted molar refractivity (Wildman–Crippen MR) is 215 cm³/mol. The molecule has 0 heterocycles. The highest BCUT2D eigenvalue weighted by Gasteiger charge is 2.25. The third-order valence-electron chi connectivity index (χ3n) is 8.78. The molecule has 0 aromatic rings. The quantitative estimate of drug-likeness (QED) is 0.0276. The molecule has 8 nitrogen and oxygen atoms in total. The molecule has 0 saturated carbocycles. The van der Waals surface area contributed by atoms with Gasteiger partial charge in [0.15, 0.2) is 0 Å². The highest BCUT2D eigenvalue weighted by molar-refractivity contribution is 7.47. The number of unbranched alkanes of at least 4 members (excludes halogenated alkanes) is 21. The van der Waals surface area contributed by atoms with Gasteiger partial charge in [0.25, 0.3) is 0 Å². The van der Waals surface area contributed by atoms with Gasteiger partial charge in [-0.3, -0.25) is 13.8 Å². The van der Waals surface area contributed by atoms with Crippen molar-refractivity contribution in [3.63, 3.8) is 0 Å². The van der Waals surface area contributed by atoms with E-state index < -0.39 is 13.9 Å². The average molecular weight is 742 g/mol. The number of nitrogens with two attached hydrogens (primary N) is 1. The summed E-state index contributed by atoms with van der Waals surface area (Å²) in [6, 6.07) is 0. The number of phosphoric acid groups is 1. The molecule has 3 N–H and O–H groups in total. The Morgan fingerprint density at radius 3 is 1.55 bits per heavy atom. The monoisotopic (exact) mass is 742 g/mol. The summed E-state index contributed by atoms with van der Waals surface area (Å²) in [6.45, 7) is 4.87. The summed E-state index contributed by atoms with van der Waals surface area (Å²) in [5.74, 6) is -0.342. The van der Waals surface area contributed by atoms with Gasteiger partial charge in [-0.05, 0) is 70.6 Å². The fourth-order valence-electron chi connectivity index (χ4n) is 5.67. The third kappa shape index (κ3) is 39.8. The smallest absolute Gasteiger partial charge is 0.457 e. The van der Waals surface area contributed by atoms with Crippen molar-refractivity contribution >= 4 is 13.8 Å². The van der Waals surface area contributed by atoms with E-state index in [1.807, 2.05) is 0 Å². The zero-order valence-electron chi connectivity index (χ0n) is 33.1. The number of ether oxygens (including phenoxy) is 2. The zero-order chi connectivity index (χ0) is 37.4. The maximum atomic E-state index is 12.5. The lowest BCUT2D eigenvalue weighted by atomic mass is 10.1. The van der Waals surface area contributed by atoms with Crippen LogP contribution in [0, 0.1) is 0 Å². The lowest BCUT2D eigenvalue weighted by Gasteiger charge is -2.20. The van der Waals surface area contributed by atoms with E-state index in [4.69, 9.17) is 24.3 Å². The number of allylic oxidation sites excluding steroid dienone is 6. The standard InChI is InChI=1S/C42H80NO7P/c1-3-5-7-9-11-13-15-17-18-19-20-21-22-24-26-28-30-32-34-37-47-39-41(40-49-51(45,46)48-38-36-43)50-42(44)35-33-31-29-27-25-23-16-14-12-10-8-6-4-2/h13-16,18-19,41H,3-12,17,20-40,43H2,1-2H3,(H,45,46)/b15-13-,16-14-,19-18-. The molecule has 0 aromatic heterocycles. The molecule has 0 bridgehead atoms. The summed E-state index contributed by atoms with van der Waals surface area (Å²) in [7, 11) is -4.28. The molecule has 300 valence electrons. The van der Waals surface area contributed by atoms with Gasteiger partial charge in [-0.1, -0.05) is 147 Å². The average Bonchev–Trinajstić information content (AvgIpc) is 3.12. The fourth-order valence-corrected chi connectivity index (χ4v) is 6.43. The SMILES string of the molecule is CCCCCC/C=C\C/C=C\CCCCCCCCCCOCC(COP(=O)(O)OCCN)OC(=O)CCCCCCC/C=C\CCCCCC. The second-order valence-electron chi connectivity index (χ2n) is 13.8. The van der Waals surface area contributed by atoms with Gasteiger partial charge in [0, 0.05) is 19.6 Å². The van der Waals surface area contributed by atoms with E-state index in [0.29, 0.717) is 13.0 Å². The van der Waals surface area contributed by atoms with Crippen LogP contribution < -0.4 is 5.73 Å². The topological polar surface area (TPSA) is 117 Å². The van der Waals surface area contributed by atoms with Crippen molar-refractivity contribution < 1.29 is 32.8 Å². The van der Waals surface area contributed by atoms with Crippen LogP contribution in [-0.4, -0.2) is 49.9 Å². The number of hydrogen-bond acceptors (Lipinski definition) is 7. The summed E-state index contributed by atoms with van der Waals surface area (Å²) in [4.78, 5) is 22.4. The Morgan fingerprint density at radius 1 is 0.588 bits per heavy atom. The number of hydrogen-bond donors (Lipinski definition) is 2. The van der Waals surface area contributed by atoms with Crippen molar-refractivity contribution in [3.8, 4) is 0 Å². The van der Waals surface area contributed by atoms with Gasteiger partial charge in [-0.25, -0.2) is 4.57 Å². The Morgan fingerprint density at radius 2 is 1.04 bits per heavy atom. The molecule has 0 rings (SSSR count). The first-order chi connectivity index (χ1) is 24.9. The summed E-state index contributed by atoms with van der Waals surface area (Å²) >= 11 is 0. The molecule has 0 radical (unpaired) electrons. The normalized spacial score (nSPS) is 13.9. The second-order valence-corrected chi connectivity index (χ2v) is 15.3. The first-order valence-corrected chi connectivity index (χ1v) is 22.5. The maximum absolute atomic E-state index is 12.5. The molecule has 0 aliphatic carbocycles. The fraction of sp³-hybridized carbons (Fsp3) is 0.833. The minimum absolute atomic E-state index is 0.0977. The Labute approximate surface area is 314 Å². The summed E-state index contributed by atoms with van der Waals surface area (Å²) in [6.07, 6.45) is 44.4. The first-order valence-electron chi connectivity index (χ1n) is 21.0. The second kappa shape index (κ2) is 39.9. The van der Waals surface area contributed by atoms with Crippen LogP contribution in [0.2, 0.25) is 0 Å². The highest BCUT2D eigenvalue weighted by atomic mass is 31.2. The third-order valence-corrected chi connectivity index (χ3v) is 9.76. The van der Waals surface area contributed by atoms with E-state index in [0.717, 1.165) is 51.4 Å². The minimum atomic E-state index is -4.28. The number of carbonyl (C=O) groups is 1. The van der Waals surface area contributed by atoms with E-state index in [-0.39, 0.29) is 32.3 Å². The van der Waals surface area contributed by atoms with Crippen LogP contribution in [0.1, 0.15) is 187 Å². The molecular formula is C42H80NO7P. The number of esters is 1. The van der Waals surface area contributed by atoms with Gasteiger partial charge in [-0.15, -0.1) is 0 Å². The molecule has 2 atom stereocenters. The Kier molecular flexibility index (Phi) is 38.9. The summed E-state index contributed by atoms with van der Waals surface area (Å²) in [5.41, 5.74) is 5.36. The van der Waals surface area contributed by atoms with Crippen molar-refractivity contribution in [2.75, 3.05) is 33.0 Å². The highest BCUT2D eigenvalue weighted by Crippen LogP contribution is 2.43. The van der Waals surface area contributed by atoms with E-state index in [9.17, 15) is 14.3 Å². The van der Waals surface area contributed by atoms with E-state index in [2.05, 4.69) is 50.3 Å². The van der Waals surface area contributed by atoms with Gasteiger partial charge in [0.05, 0.1) is 19.8 Å². The molecule has 0 aromatic carbocycles. The van der Waals surface area contributed by atoms with Gasteiger partial charge in [0.2, 0.25) is 0 Å². The van der Waals surface area contributed by atoms with Crippen LogP contribution >= 0.6 is 7.82 Å². The van der Waals surface area contributed by atoms with Crippen molar-refractivity contribution in [2.45, 2.75) is 193 Å². The van der Waals surface area contributed by atoms with E-state index >= 15 is 0 Å². The predicted octanol–water partition coefficient (Wildman–Crippen LogP) is 12.2. The molecule has 0 spiro atoms. The van der Waals surface area contributed by atoms with Gasteiger partial charge >= 0.3 is 13.8 Å². The van der Waals surface area contributed by atoms with Crippen molar-refractivity contribution in [2.24, 2.45) is 5.73 Å². The van der Waals surface area contributed by atoms with E-state index in [1.54, 1.807) is 0 Å². The van der Waals surface area contributed by atoms with Crippen molar-refractivity contribution in [3.05, 3.63) is 36.5 Å². The van der Waals surface area contributed by atoms with Crippen LogP contribution in [0.4, 0.5) is 0 Å². The van der Waals surface area contributed by atoms with Gasteiger partial charge in [0.1, 0.15) is 6.10 Å². The first kappa shape index (κ1) is 49.7. The van der Waals surface area contributed by atoms with Gasteiger partial charge in [-0.2, -0.15) is 0 Å². The zero-order valence-corrected chi connectivity index (χ0v) is 34.0. The van der Waals surface area contributed by atoms with Gasteiger partial charge < -0.3 is 20.1 Å². The number of carbonyl (C=O) groups excluding carboxylic acids is 1. The van der Waals surface area contributed by atoms with Crippen LogP contribution in [0.3, 0.4) is 0 Å². The van der Waals surface area contributed by atoms with Crippen molar-refractivity contribution in [1.29, 1.82) is 0 Å². The molecule has 0 amide bonds. The summed E-state index contributed by atoms with van der Waals surface area (Å²) < 4.78 is 33.4. The number of rotatable bonds is 40. The molecule has 9 heteroatoms. The molecule has 0 aliphatic heterocycles. The molecule has 0 aliphatic rings. The maximum Gasteiger partial charge on any atom is 0.472 e. The number of phosphoric ester groups is 1. The minimum Gasteiger partial charge on any atom is -0.457 e. The Hall–Kier alpha value is -1.28. The van der Waals surface area contributed by atoms with E-state index in [1.165, 1.54) is 116 Å². The molecule has 0 fully saturated rings. The molecule has 2 unspecified atom stereocenters. The van der Waals surface area contributed by atoms with Crippen LogP contribution in [-0.2, 0) is 27.9 Å².